The molecule has 0 saturated heterocycles. The monoisotopic (exact) mass is 454 g/mol. The van der Waals surface area contributed by atoms with Crippen LogP contribution in [0.15, 0.2) is 97.1 Å². The smallest absolute Gasteiger partial charge is 0.0406 e. The molecular formula is C28H16Cl2S. The molecule has 3 heteroatoms. The lowest BCUT2D eigenvalue weighted by molar-refractivity contribution is 1.58. The summed E-state index contributed by atoms with van der Waals surface area (Å²) in [6.07, 6.45) is 0. The third-order valence-corrected chi connectivity index (χ3v) is 5.55. The molecule has 0 atom stereocenters. The minimum atomic E-state index is 0.719. The minimum absolute atomic E-state index is 0.719. The number of hydrogen-bond acceptors (Lipinski definition) is 1. The van der Waals surface area contributed by atoms with Crippen LogP contribution < -0.4 is 0 Å². The van der Waals surface area contributed by atoms with Crippen molar-refractivity contribution in [2.24, 2.45) is 0 Å². The molecule has 0 aliphatic rings. The molecule has 0 saturated carbocycles. The Morgan fingerprint density at radius 2 is 0.871 bits per heavy atom. The molecule has 148 valence electrons. The van der Waals surface area contributed by atoms with Crippen LogP contribution in [0.4, 0.5) is 0 Å². The molecule has 0 radical (unpaired) electrons. The molecule has 31 heavy (non-hydrogen) atoms. The third kappa shape index (κ3) is 5.55. The fourth-order valence-corrected chi connectivity index (χ4v) is 3.76. The summed E-state index contributed by atoms with van der Waals surface area (Å²) in [5, 5.41) is 7.66. The zero-order valence-electron chi connectivity index (χ0n) is 16.4. The minimum Gasteiger partial charge on any atom is -0.0843 e. The zero-order valence-corrected chi connectivity index (χ0v) is 18.7. The predicted molar refractivity (Wildman–Crippen MR) is 135 cm³/mol. The normalized spacial score (nSPS) is 9.87. The van der Waals surface area contributed by atoms with E-state index in [1.54, 1.807) is 0 Å². The predicted octanol–water partition coefficient (Wildman–Crippen LogP) is 8.38. The number of thioether (sulfide) groups is 1. The molecule has 0 aromatic heterocycles. The van der Waals surface area contributed by atoms with Crippen LogP contribution in [0.2, 0.25) is 10.0 Å². The summed E-state index contributed by atoms with van der Waals surface area (Å²) >= 11 is 13.3. The fraction of sp³-hybridized carbons (Fsp3) is 0. The maximum atomic E-state index is 6.01. The SMILES string of the molecule is Clc1ccc(-c2ccccc2C#CSC#Cc2ccccc2-c2ccc(Cl)cc2)cc1. The van der Waals surface area contributed by atoms with E-state index in [2.05, 4.69) is 34.5 Å². The molecule has 0 fully saturated rings. The van der Waals surface area contributed by atoms with Crippen LogP contribution in [-0.4, -0.2) is 0 Å². The van der Waals surface area contributed by atoms with Gasteiger partial charge >= 0.3 is 0 Å². The van der Waals surface area contributed by atoms with Crippen molar-refractivity contribution in [3.8, 4) is 44.6 Å². The molecule has 0 amide bonds. The van der Waals surface area contributed by atoms with Gasteiger partial charge in [-0.1, -0.05) is 95.7 Å². The Labute approximate surface area is 197 Å². The Balaban J connectivity index is 1.54. The van der Waals surface area contributed by atoms with E-state index in [1.165, 1.54) is 11.8 Å². The highest BCUT2D eigenvalue weighted by Gasteiger charge is 2.03. The van der Waals surface area contributed by atoms with Crippen LogP contribution in [0.1, 0.15) is 11.1 Å². The molecule has 0 nitrogen and oxygen atoms in total. The Hall–Kier alpha value is -3.07. The molecule has 4 rings (SSSR count). The van der Waals surface area contributed by atoms with Crippen LogP contribution in [-0.2, 0) is 0 Å². The van der Waals surface area contributed by atoms with E-state index in [0.29, 0.717) is 0 Å². The van der Waals surface area contributed by atoms with Crippen molar-refractivity contribution < 1.29 is 0 Å². The highest BCUT2D eigenvalue weighted by molar-refractivity contribution is 8.08. The first-order valence-corrected chi connectivity index (χ1v) is 11.2. The lowest BCUT2D eigenvalue weighted by Crippen LogP contribution is -1.83. The van der Waals surface area contributed by atoms with Gasteiger partial charge < -0.3 is 0 Å². The van der Waals surface area contributed by atoms with E-state index in [9.17, 15) is 0 Å². The third-order valence-electron chi connectivity index (χ3n) is 4.64. The summed E-state index contributed by atoms with van der Waals surface area (Å²) in [7, 11) is 0. The second-order valence-corrected chi connectivity index (χ2v) is 8.15. The number of hydrogen-bond donors (Lipinski definition) is 0. The van der Waals surface area contributed by atoms with Crippen LogP contribution in [0.5, 0.6) is 0 Å². The number of halogens is 2. The van der Waals surface area contributed by atoms with Crippen LogP contribution >= 0.6 is 35.0 Å². The van der Waals surface area contributed by atoms with E-state index in [0.717, 1.165) is 43.4 Å². The summed E-state index contributed by atoms with van der Waals surface area (Å²) in [5.41, 5.74) is 6.24. The van der Waals surface area contributed by atoms with Crippen molar-refractivity contribution in [3.05, 3.63) is 118 Å². The first-order chi connectivity index (χ1) is 15.2. The van der Waals surface area contributed by atoms with Crippen LogP contribution in [0, 0.1) is 22.3 Å². The molecule has 0 N–H and O–H groups in total. The van der Waals surface area contributed by atoms with E-state index in [4.69, 9.17) is 23.2 Å². The largest absolute Gasteiger partial charge is 0.0843 e. The van der Waals surface area contributed by atoms with Crippen molar-refractivity contribution in [1.82, 2.24) is 0 Å². The van der Waals surface area contributed by atoms with E-state index < -0.39 is 0 Å². The second-order valence-electron chi connectivity index (χ2n) is 6.66. The Morgan fingerprint density at radius 1 is 0.484 bits per heavy atom. The van der Waals surface area contributed by atoms with Crippen molar-refractivity contribution in [1.29, 1.82) is 0 Å². The van der Waals surface area contributed by atoms with Gasteiger partial charge in [-0.2, -0.15) is 0 Å². The standard InChI is InChI=1S/C28H16Cl2S/c29-25-13-9-23(10-14-25)27-7-3-1-5-21(27)17-19-31-20-18-22-6-2-4-8-28(22)24-11-15-26(30)16-12-24/h1-16H. The van der Waals surface area contributed by atoms with Gasteiger partial charge in [0.05, 0.1) is 0 Å². The first kappa shape index (κ1) is 21.2. The van der Waals surface area contributed by atoms with Gasteiger partial charge in [-0.25, -0.2) is 0 Å². The highest BCUT2D eigenvalue weighted by Crippen LogP contribution is 2.26. The molecule has 0 heterocycles. The van der Waals surface area contributed by atoms with Crippen molar-refractivity contribution >= 4 is 35.0 Å². The number of benzene rings is 4. The van der Waals surface area contributed by atoms with E-state index in [1.807, 2.05) is 84.9 Å². The fourth-order valence-electron chi connectivity index (χ4n) is 3.13. The Kier molecular flexibility index (Phi) is 7.03. The Bertz CT molecular complexity index is 1210. The average molecular weight is 455 g/mol. The van der Waals surface area contributed by atoms with Gasteiger partial charge in [-0.05, 0) is 69.2 Å². The Morgan fingerprint density at radius 3 is 1.29 bits per heavy atom. The lowest BCUT2D eigenvalue weighted by Gasteiger charge is -2.04. The van der Waals surface area contributed by atoms with Crippen molar-refractivity contribution in [2.75, 3.05) is 0 Å². The van der Waals surface area contributed by atoms with Gasteiger partial charge in [-0.3, -0.25) is 0 Å². The molecule has 0 unspecified atom stereocenters. The average Bonchev–Trinajstić information content (AvgIpc) is 2.81. The van der Waals surface area contributed by atoms with Gasteiger partial charge in [0.25, 0.3) is 0 Å². The van der Waals surface area contributed by atoms with Gasteiger partial charge in [-0.15, -0.1) is 0 Å². The summed E-state index contributed by atoms with van der Waals surface area (Å²) in [5.74, 6) is 6.46. The van der Waals surface area contributed by atoms with Gasteiger partial charge in [0.15, 0.2) is 0 Å². The van der Waals surface area contributed by atoms with Crippen molar-refractivity contribution in [3.63, 3.8) is 0 Å². The first-order valence-electron chi connectivity index (χ1n) is 9.58. The lowest BCUT2D eigenvalue weighted by atomic mass is 10.0. The highest BCUT2D eigenvalue weighted by atomic mass is 35.5. The molecule has 4 aromatic carbocycles. The topological polar surface area (TPSA) is 0 Å². The zero-order chi connectivity index (χ0) is 21.5. The van der Waals surface area contributed by atoms with Gasteiger partial charge in [0.2, 0.25) is 0 Å². The summed E-state index contributed by atoms with van der Waals surface area (Å²) < 4.78 is 0. The van der Waals surface area contributed by atoms with Crippen LogP contribution in [0.3, 0.4) is 0 Å². The summed E-state index contributed by atoms with van der Waals surface area (Å²) in [6, 6.07) is 31.7. The van der Waals surface area contributed by atoms with E-state index >= 15 is 0 Å². The van der Waals surface area contributed by atoms with Gasteiger partial charge in [0, 0.05) is 32.9 Å². The number of rotatable bonds is 2. The van der Waals surface area contributed by atoms with Gasteiger partial charge in [0.1, 0.15) is 0 Å². The quantitative estimate of drug-likeness (QED) is 0.274. The van der Waals surface area contributed by atoms with Crippen LogP contribution in [0.25, 0.3) is 22.3 Å². The molecular weight excluding hydrogens is 439 g/mol. The molecule has 0 bridgehead atoms. The maximum absolute atomic E-state index is 6.01. The van der Waals surface area contributed by atoms with Crippen molar-refractivity contribution in [2.45, 2.75) is 0 Å². The second kappa shape index (κ2) is 10.3. The summed E-state index contributed by atoms with van der Waals surface area (Å²) in [4.78, 5) is 0. The van der Waals surface area contributed by atoms with E-state index in [-0.39, 0.29) is 0 Å². The summed E-state index contributed by atoms with van der Waals surface area (Å²) in [6.45, 7) is 0. The molecule has 4 aromatic rings. The molecule has 0 spiro atoms. The molecule has 0 aliphatic carbocycles. The molecule has 0 aliphatic heterocycles. The maximum Gasteiger partial charge on any atom is 0.0406 e.